The fourth-order valence-electron chi connectivity index (χ4n) is 1.77. The SMILES string of the molecule is CC(C)N1C[C@H](OC(=O)NC(C)(C)C)C(F)(F)C1. The molecule has 0 bridgehead atoms. The molecule has 1 heterocycles. The molecule has 1 rings (SSSR count). The molecule has 0 aliphatic carbocycles. The zero-order chi connectivity index (χ0) is 14.1. The Hall–Kier alpha value is -0.910. The summed E-state index contributed by atoms with van der Waals surface area (Å²) in [6.45, 7) is 8.69. The Bertz CT molecular complexity index is 314. The van der Waals surface area contributed by atoms with Crippen LogP contribution in [0, 0.1) is 0 Å². The first kappa shape index (κ1) is 15.1. The number of ether oxygens (including phenoxy) is 1. The molecule has 0 saturated carbocycles. The van der Waals surface area contributed by atoms with Crippen LogP contribution in [0.4, 0.5) is 13.6 Å². The van der Waals surface area contributed by atoms with Gasteiger partial charge >= 0.3 is 6.09 Å². The number of likely N-dealkylation sites (tertiary alicyclic amines) is 1. The molecule has 0 aromatic rings. The zero-order valence-corrected chi connectivity index (χ0v) is 11.6. The van der Waals surface area contributed by atoms with E-state index in [1.807, 2.05) is 13.8 Å². The maximum absolute atomic E-state index is 13.7. The van der Waals surface area contributed by atoms with Gasteiger partial charge in [0.05, 0.1) is 6.54 Å². The van der Waals surface area contributed by atoms with Crippen molar-refractivity contribution in [3.05, 3.63) is 0 Å². The summed E-state index contributed by atoms with van der Waals surface area (Å²) in [4.78, 5) is 13.1. The molecule has 6 heteroatoms. The topological polar surface area (TPSA) is 41.6 Å². The lowest BCUT2D eigenvalue weighted by Gasteiger charge is -2.23. The van der Waals surface area contributed by atoms with Gasteiger partial charge in [-0.15, -0.1) is 0 Å². The second-order valence-corrected chi connectivity index (χ2v) is 6.05. The first-order chi connectivity index (χ1) is 8.01. The van der Waals surface area contributed by atoms with Gasteiger partial charge in [0.1, 0.15) is 0 Å². The quantitative estimate of drug-likeness (QED) is 0.831. The molecular formula is C12H22F2N2O2. The Morgan fingerprint density at radius 1 is 1.44 bits per heavy atom. The second-order valence-electron chi connectivity index (χ2n) is 6.05. The molecule has 1 amide bonds. The van der Waals surface area contributed by atoms with Gasteiger partial charge in [-0.05, 0) is 34.6 Å². The van der Waals surface area contributed by atoms with Crippen LogP contribution >= 0.6 is 0 Å². The highest BCUT2D eigenvalue weighted by Crippen LogP contribution is 2.31. The van der Waals surface area contributed by atoms with Gasteiger partial charge in [-0.3, -0.25) is 4.90 Å². The van der Waals surface area contributed by atoms with E-state index in [4.69, 9.17) is 4.74 Å². The summed E-state index contributed by atoms with van der Waals surface area (Å²) in [6.07, 6.45) is -2.17. The molecule has 0 unspecified atom stereocenters. The lowest BCUT2D eigenvalue weighted by Crippen LogP contribution is -2.45. The van der Waals surface area contributed by atoms with Crippen molar-refractivity contribution in [3.63, 3.8) is 0 Å². The van der Waals surface area contributed by atoms with Gasteiger partial charge in [-0.25, -0.2) is 13.6 Å². The van der Waals surface area contributed by atoms with Gasteiger partial charge < -0.3 is 10.1 Å². The Labute approximate surface area is 107 Å². The van der Waals surface area contributed by atoms with E-state index in [2.05, 4.69) is 5.32 Å². The van der Waals surface area contributed by atoms with Crippen LogP contribution in [0.5, 0.6) is 0 Å². The first-order valence-corrected chi connectivity index (χ1v) is 6.12. The standard InChI is InChI=1S/C12H22F2N2O2/c1-8(2)16-6-9(12(13,14)7-16)18-10(17)15-11(3,4)5/h8-9H,6-7H2,1-5H3,(H,15,17)/t9-/m0/s1. The minimum absolute atomic E-state index is 0.00940. The number of alkyl carbamates (subject to hydrolysis) is 1. The molecular weight excluding hydrogens is 242 g/mol. The molecule has 0 radical (unpaired) electrons. The summed E-state index contributed by atoms with van der Waals surface area (Å²) in [6, 6.07) is 0.00940. The van der Waals surface area contributed by atoms with Crippen molar-refractivity contribution in [2.45, 2.75) is 58.2 Å². The molecule has 1 fully saturated rings. The van der Waals surface area contributed by atoms with Crippen molar-refractivity contribution in [1.82, 2.24) is 10.2 Å². The summed E-state index contributed by atoms with van der Waals surface area (Å²) in [5.41, 5.74) is -0.497. The van der Waals surface area contributed by atoms with E-state index in [-0.39, 0.29) is 19.1 Å². The van der Waals surface area contributed by atoms with Crippen molar-refractivity contribution >= 4 is 6.09 Å². The molecule has 0 aromatic carbocycles. The Morgan fingerprint density at radius 3 is 2.39 bits per heavy atom. The summed E-state index contributed by atoms with van der Waals surface area (Å²) in [5, 5.41) is 2.51. The predicted octanol–water partition coefficient (Wildman–Crippen LogP) is 2.24. The minimum atomic E-state index is -2.99. The van der Waals surface area contributed by atoms with Crippen LogP contribution in [-0.4, -0.2) is 47.7 Å². The van der Waals surface area contributed by atoms with Gasteiger partial charge in [0.2, 0.25) is 0 Å². The molecule has 1 atom stereocenters. The van der Waals surface area contributed by atoms with E-state index in [1.54, 1.807) is 25.7 Å². The molecule has 18 heavy (non-hydrogen) atoms. The minimum Gasteiger partial charge on any atom is -0.438 e. The van der Waals surface area contributed by atoms with Crippen LogP contribution in [0.15, 0.2) is 0 Å². The Morgan fingerprint density at radius 2 is 2.00 bits per heavy atom. The van der Waals surface area contributed by atoms with E-state index in [9.17, 15) is 13.6 Å². The van der Waals surface area contributed by atoms with Crippen LogP contribution in [0.1, 0.15) is 34.6 Å². The third kappa shape index (κ3) is 4.08. The highest BCUT2D eigenvalue weighted by molar-refractivity contribution is 5.68. The van der Waals surface area contributed by atoms with Crippen LogP contribution in [0.3, 0.4) is 0 Å². The highest BCUT2D eigenvalue weighted by atomic mass is 19.3. The fourth-order valence-corrected chi connectivity index (χ4v) is 1.77. The van der Waals surface area contributed by atoms with E-state index < -0.39 is 23.7 Å². The number of hydrogen-bond donors (Lipinski definition) is 1. The molecule has 0 spiro atoms. The third-order valence-corrected chi connectivity index (χ3v) is 2.74. The summed E-state index contributed by atoms with van der Waals surface area (Å²) in [5.74, 6) is -2.99. The fraction of sp³-hybridized carbons (Fsp3) is 0.917. The Kier molecular flexibility index (Phi) is 4.20. The molecule has 1 aliphatic heterocycles. The van der Waals surface area contributed by atoms with Crippen molar-refractivity contribution in [3.8, 4) is 0 Å². The average molecular weight is 264 g/mol. The van der Waals surface area contributed by atoms with E-state index >= 15 is 0 Å². The van der Waals surface area contributed by atoms with E-state index in [0.29, 0.717) is 0 Å². The molecule has 0 aromatic heterocycles. The van der Waals surface area contributed by atoms with Crippen LogP contribution in [0.2, 0.25) is 0 Å². The van der Waals surface area contributed by atoms with Crippen molar-refractivity contribution in [1.29, 1.82) is 0 Å². The number of carbonyl (C=O) groups is 1. The number of amides is 1. The maximum Gasteiger partial charge on any atom is 0.408 e. The molecule has 106 valence electrons. The molecule has 1 N–H and O–H groups in total. The van der Waals surface area contributed by atoms with Gasteiger partial charge in [0.15, 0.2) is 6.10 Å². The number of nitrogens with zero attached hydrogens (tertiary/aromatic N) is 1. The van der Waals surface area contributed by atoms with Gasteiger partial charge in [-0.1, -0.05) is 0 Å². The number of hydrogen-bond acceptors (Lipinski definition) is 3. The lowest BCUT2D eigenvalue weighted by molar-refractivity contribution is -0.0789. The predicted molar refractivity (Wildman–Crippen MR) is 64.8 cm³/mol. The smallest absolute Gasteiger partial charge is 0.408 e. The number of nitrogens with one attached hydrogen (secondary N) is 1. The molecule has 1 saturated heterocycles. The van der Waals surface area contributed by atoms with Crippen LogP contribution in [0.25, 0.3) is 0 Å². The normalized spacial score (nSPS) is 24.3. The second kappa shape index (κ2) is 4.99. The number of halogens is 2. The average Bonchev–Trinajstić information content (AvgIpc) is 2.38. The Balaban J connectivity index is 2.59. The summed E-state index contributed by atoms with van der Waals surface area (Å²) < 4.78 is 32.2. The van der Waals surface area contributed by atoms with Crippen LogP contribution < -0.4 is 5.32 Å². The monoisotopic (exact) mass is 264 g/mol. The van der Waals surface area contributed by atoms with Gasteiger partial charge in [-0.2, -0.15) is 0 Å². The zero-order valence-electron chi connectivity index (χ0n) is 11.6. The summed E-state index contributed by atoms with van der Waals surface area (Å²) in [7, 11) is 0. The number of carbonyl (C=O) groups excluding carboxylic acids is 1. The van der Waals surface area contributed by atoms with E-state index in [0.717, 1.165) is 0 Å². The number of alkyl halides is 2. The van der Waals surface area contributed by atoms with Crippen molar-refractivity contribution < 1.29 is 18.3 Å². The maximum atomic E-state index is 13.7. The van der Waals surface area contributed by atoms with Crippen molar-refractivity contribution in [2.75, 3.05) is 13.1 Å². The third-order valence-electron chi connectivity index (χ3n) is 2.74. The lowest BCUT2D eigenvalue weighted by atomic mass is 10.1. The summed E-state index contributed by atoms with van der Waals surface area (Å²) >= 11 is 0. The van der Waals surface area contributed by atoms with E-state index in [1.165, 1.54) is 0 Å². The van der Waals surface area contributed by atoms with Crippen LogP contribution in [-0.2, 0) is 4.74 Å². The highest BCUT2D eigenvalue weighted by Gasteiger charge is 2.51. The molecule has 1 aliphatic rings. The number of rotatable bonds is 2. The van der Waals surface area contributed by atoms with Gasteiger partial charge in [0, 0.05) is 18.1 Å². The van der Waals surface area contributed by atoms with Gasteiger partial charge in [0.25, 0.3) is 5.92 Å². The molecule has 4 nitrogen and oxygen atoms in total. The first-order valence-electron chi connectivity index (χ1n) is 6.12. The largest absolute Gasteiger partial charge is 0.438 e. The van der Waals surface area contributed by atoms with Crippen molar-refractivity contribution in [2.24, 2.45) is 0 Å².